The van der Waals surface area contributed by atoms with Gasteiger partial charge in [-0.15, -0.1) is 0 Å². The Bertz CT molecular complexity index is 816. The van der Waals surface area contributed by atoms with Crippen LogP contribution in [0.3, 0.4) is 0 Å². The third kappa shape index (κ3) is 3.36. The average Bonchev–Trinajstić information content (AvgIpc) is 2.47. The third-order valence-corrected chi connectivity index (χ3v) is 5.16. The monoisotopic (exact) mass is 353 g/mol. The highest BCUT2D eigenvalue weighted by molar-refractivity contribution is 7.92. The fourth-order valence-corrected chi connectivity index (χ4v) is 3.97. The Labute approximate surface area is 139 Å². The van der Waals surface area contributed by atoms with Crippen LogP contribution in [0.2, 0.25) is 10.0 Å². The highest BCUT2D eigenvalue weighted by Crippen LogP contribution is 2.36. The van der Waals surface area contributed by atoms with E-state index in [4.69, 9.17) is 23.2 Å². The minimum absolute atomic E-state index is 0.136. The van der Waals surface area contributed by atoms with Gasteiger partial charge in [0.2, 0.25) is 10.0 Å². The van der Waals surface area contributed by atoms with Crippen LogP contribution in [0.5, 0.6) is 0 Å². The van der Waals surface area contributed by atoms with Gasteiger partial charge in [-0.3, -0.25) is 0 Å². The maximum Gasteiger partial charge on any atom is 0.234 e. The molecule has 1 aliphatic heterocycles. The van der Waals surface area contributed by atoms with E-state index < -0.39 is 16.1 Å². The molecule has 0 fully saturated rings. The zero-order chi connectivity index (χ0) is 15.7. The van der Waals surface area contributed by atoms with E-state index in [2.05, 4.69) is 4.72 Å². The topological polar surface area (TPSA) is 46.2 Å². The maximum absolute atomic E-state index is 11.9. The first-order valence-electron chi connectivity index (χ1n) is 6.66. The summed E-state index contributed by atoms with van der Waals surface area (Å²) >= 11 is 12.0. The lowest BCUT2D eigenvalue weighted by Gasteiger charge is -2.29. The summed E-state index contributed by atoms with van der Waals surface area (Å²) in [6, 6.07) is 14.2. The molecule has 114 valence electrons. The SMILES string of the molecule is O=S1(=O)C=CC(c2cccc(Cl)c2)C(c2ccc(Cl)cc2)N1. The Hall–Kier alpha value is -1.33. The summed E-state index contributed by atoms with van der Waals surface area (Å²) in [5.74, 6) is -0.136. The van der Waals surface area contributed by atoms with E-state index in [0.717, 1.165) is 11.1 Å². The van der Waals surface area contributed by atoms with E-state index in [-0.39, 0.29) is 5.92 Å². The van der Waals surface area contributed by atoms with Crippen LogP contribution in [0.1, 0.15) is 23.1 Å². The van der Waals surface area contributed by atoms with Crippen LogP contribution >= 0.6 is 23.2 Å². The number of halogens is 2. The Kier molecular flexibility index (Phi) is 4.28. The Morgan fingerprint density at radius 3 is 2.32 bits per heavy atom. The largest absolute Gasteiger partial charge is 0.234 e. The number of benzene rings is 2. The second-order valence-corrected chi connectivity index (χ2v) is 7.57. The van der Waals surface area contributed by atoms with Gasteiger partial charge in [-0.25, -0.2) is 13.1 Å². The van der Waals surface area contributed by atoms with Crippen LogP contribution in [0, 0.1) is 0 Å². The van der Waals surface area contributed by atoms with Crippen molar-refractivity contribution in [3.05, 3.63) is 81.2 Å². The molecule has 0 aromatic heterocycles. The fraction of sp³-hybridized carbons (Fsp3) is 0.125. The predicted molar refractivity (Wildman–Crippen MR) is 89.6 cm³/mol. The summed E-state index contributed by atoms with van der Waals surface area (Å²) in [5, 5.41) is 2.43. The molecule has 0 aliphatic carbocycles. The second-order valence-electron chi connectivity index (χ2n) is 5.10. The summed E-state index contributed by atoms with van der Waals surface area (Å²) in [5.41, 5.74) is 1.80. The molecular weight excluding hydrogens is 341 g/mol. The lowest BCUT2D eigenvalue weighted by Crippen LogP contribution is -2.34. The van der Waals surface area contributed by atoms with E-state index >= 15 is 0 Å². The van der Waals surface area contributed by atoms with Crippen LogP contribution in [0.15, 0.2) is 60.0 Å². The van der Waals surface area contributed by atoms with Crippen molar-refractivity contribution in [2.75, 3.05) is 0 Å². The van der Waals surface area contributed by atoms with Gasteiger partial charge in [-0.1, -0.05) is 53.5 Å². The molecule has 0 radical (unpaired) electrons. The molecule has 0 saturated heterocycles. The van der Waals surface area contributed by atoms with Crippen molar-refractivity contribution < 1.29 is 8.42 Å². The van der Waals surface area contributed by atoms with E-state index in [1.807, 2.05) is 30.3 Å². The molecule has 0 amide bonds. The molecule has 2 aromatic carbocycles. The number of rotatable bonds is 2. The highest BCUT2D eigenvalue weighted by atomic mass is 35.5. The summed E-state index contributed by atoms with van der Waals surface area (Å²) in [6.45, 7) is 0. The molecule has 1 heterocycles. The standard InChI is InChI=1S/C16H13Cl2NO2S/c17-13-6-4-11(5-7-13)16-15(8-9-22(20,21)19-16)12-2-1-3-14(18)10-12/h1-10,15-16,19H. The highest BCUT2D eigenvalue weighted by Gasteiger charge is 2.30. The average molecular weight is 354 g/mol. The molecule has 1 N–H and O–H groups in total. The van der Waals surface area contributed by atoms with Gasteiger partial charge in [-0.05, 0) is 35.4 Å². The molecule has 0 bridgehead atoms. The molecule has 3 rings (SSSR count). The third-order valence-electron chi connectivity index (χ3n) is 3.58. The summed E-state index contributed by atoms with van der Waals surface area (Å²) in [7, 11) is -3.44. The van der Waals surface area contributed by atoms with Gasteiger partial charge < -0.3 is 0 Å². The molecule has 0 saturated carbocycles. The molecule has 6 heteroatoms. The van der Waals surface area contributed by atoms with Crippen molar-refractivity contribution in [2.45, 2.75) is 12.0 Å². The number of hydrogen-bond acceptors (Lipinski definition) is 2. The van der Waals surface area contributed by atoms with E-state index in [0.29, 0.717) is 10.0 Å². The maximum atomic E-state index is 11.9. The molecule has 2 atom stereocenters. The first-order chi connectivity index (χ1) is 10.4. The molecule has 3 nitrogen and oxygen atoms in total. The lowest BCUT2D eigenvalue weighted by atomic mass is 9.87. The number of hydrogen-bond donors (Lipinski definition) is 1. The molecule has 2 aromatic rings. The van der Waals surface area contributed by atoms with Crippen molar-refractivity contribution in [3.8, 4) is 0 Å². The van der Waals surface area contributed by atoms with Crippen molar-refractivity contribution in [2.24, 2.45) is 0 Å². The van der Waals surface area contributed by atoms with Gasteiger partial charge in [0, 0.05) is 21.4 Å². The van der Waals surface area contributed by atoms with Crippen molar-refractivity contribution in [1.82, 2.24) is 4.72 Å². The zero-order valence-electron chi connectivity index (χ0n) is 11.4. The van der Waals surface area contributed by atoms with Crippen molar-refractivity contribution in [1.29, 1.82) is 0 Å². The number of sulfonamides is 1. The predicted octanol–water partition coefficient (Wildman–Crippen LogP) is 4.27. The van der Waals surface area contributed by atoms with E-state index in [9.17, 15) is 8.42 Å². The summed E-state index contributed by atoms with van der Waals surface area (Å²) < 4.78 is 26.5. The van der Waals surface area contributed by atoms with Gasteiger partial charge in [-0.2, -0.15) is 0 Å². The normalized spacial score (nSPS) is 23.4. The Balaban J connectivity index is 2.07. The fourth-order valence-electron chi connectivity index (χ4n) is 2.55. The van der Waals surface area contributed by atoms with Gasteiger partial charge in [0.25, 0.3) is 0 Å². The van der Waals surface area contributed by atoms with Gasteiger partial charge in [0.15, 0.2) is 0 Å². The minimum Gasteiger partial charge on any atom is -0.208 e. The molecule has 2 unspecified atom stereocenters. The lowest BCUT2D eigenvalue weighted by molar-refractivity contribution is 0.534. The zero-order valence-corrected chi connectivity index (χ0v) is 13.7. The minimum atomic E-state index is -3.44. The first kappa shape index (κ1) is 15.6. The smallest absolute Gasteiger partial charge is 0.208 e. The molecular formula is C16H13Cl2NO2S. The quantitative estimate of drug-likeness (QED) is 0.876. The van der Waals surface area contributed by atoms with Crippen LogP contribution in [0.4, 0.5) is 0 Å². The Morgan fingerprint density at radius 2 is 1.64 bits per heavy atom. The van der Waals surface area contributed by atoms with Crippen LogP contribution in [0.25, 0.3) is 0 Å². The molecule has 0 spiro atoms. The second kappa shape index (κ2) is 6.05. The van der Waals surface area contributed by atoms with Crippen LogP contribution in [-0.2, 0) is 10.0 Å². The molecule has 1 aliphatic rings. The van der Waals surface area contributed by atoms with Crippen molar-refractivity contribution in [3.63, 3.8) is 0 Å². The Morgan fingerprint density at radius 1 is 0.909 bits per heavy atom. The van der Waals surface area contributed by atoms with Crippen LogP contribution < -0.4 is 4.72 Å². The summed E-state index contributed by atoms with van der Waals surface area (Å²) in [4.78, 5) is 0. The van der Waals surface area contributed by atoms with Gasteiger partial charge in [0.1, 0.15) is 0 Å². The summed E-state index contributed by atoms with van der Waals surface area (Å²) in [6.07, 6.45) is 1.69. The van der Waals surface area contributed by atoms with E-state index in [1.54, 1.807) is 24.3 Å². The first-order valence-corrected chi connectivity index (χ1v) is 8.96. The van der Waals surface area contributed by atoms with Crippen LogP contribution in [-0.4, -0.2) is 8.42 Å². The van der Waals surface area contributed by atoms with E-state index in [1.165, 1.54) is 5.41 Å². The molecule has 22 heavy (non-hydrogen) atoms. The van der Waals surface area contributed by atoms with Gasteiger partial charge in [0.05, 0.1) is 6.04 Å². The number of nitrogens with one attached hydrogen (secondary N) is 1. The van der Waals surface area contributed by atoms with Crippen molar-refractivity contribution >= 4 is 33.2 Å². The van der Waals surface area contributed by atoms with Gasteiger partial charge >= 0.3 is 0 Å².